The molecular weight excluding hydrogens is 687 g/mol. The Bertz CT molecular complexity index is 1930. The molecule has 0 unspecified atom stereocenters. The summed E-state index contributed by atoms with van der Waals surface area (Å²) in [6.45, 7) is 7.75. The van der Waals surface area contributed by atoms with Gasteiger partial charge in [0.1, 0.15) is 24.1 Å². The van der Waals surface area contributed by atoms with E-state index in [9.17, 15) is 9.59 Å². The number of halogens is 3. The summed E-state index contributed by atoms with van der Waals surface area (Å²) in [5, 5.41) is 0.704. The lowest BCUT2D eigenvalue weighted by atomic mass is 9.95. The first kappa shape index (κ1) is 32.0. The molecular formula is C33H29BrCl2N2O5S. The second-order valence-corrected chi connectivity index (χ2v) is 13.0. The highest BCUT2D eigenvalue weighted by atomic mass is 79.9. The van der Waals surface area contributed by atoms with Crippen molar-refractivity contribution in [1.82, 2.24) is 4.57 Å². The zero-order valence-corrected chi connectivity index (χ0v) is 28.3. The van der Waals surface area contributed by atoms with E-state index in [1.54, 1.807) is 32.1 Å². The number of hydrogen-bond donors (Lipinski definition) is 0. The minimum Gasteiger partial charge on any atom is -0.491 e. The van der Waals surface area contributed by atoms with Gasteiger partial charge in [0.15, 0.2) is 4.80 Å². The van der Waals surface area contributed by atoms with Crippen molar-refractivity contribution in [2.45, 2.75) is 46.4 Å². The van der Waals surface area contributed by atoms with Crippen LogP contribution in [-0.2, 0) is 16.1 Å². The quantitative estimate of drug-likeness (QED) is 0.171. The van der Waals surface area contributed by atoms with E-state index in [1.807, 2.05) is 62.4 Å². The van der Waals surface area contributed by atoms with Gasteiger partial charge in [0.25, 0.3) is 5.56 Å². The van der Waals surface area contributed by atoms with Gasteiger partial charge in [-0.2, -0.15) is 0 Å². The minimum absolute atomic E-state index is 0.133. The number of carbonyl (C=O) groups excluding carboxylic acids is 1. The number of nitrogens with zero attached hydrogens (tertiary/aromatic N) is 2. The number of para-hydroxylation sites is 1. The molecule has 1 aliphatic rings. The van der Waals surface area contributed by atoms with Crippen molar-refractivity contribution in [3.05, 3.63) is 123 Å². The first-order chi connectivity index (χ1) is 21.1. The number of esters is 1. The first-order valence-corrected chi connectivity index (χ1v) is 16.3. The largest absolute Gasteiger partial charge is 0.491 e. The van der Waals surface area contributed by atoms with Gasteiger partial charge in [0.05, 0.1) is 33.5 Å². The number of thiazole rings is 1. The van der Waals surface area contributed by atoms with E-state index in [4.69, 9.17) is 37.4 Å². The van der Waals surface area contributed by atoms with Crippen molar-refractivity contribution in [3.63, 3.8) is 0 Å². The molecule has 0 saturated heterocycles. The Hall–Kier alpha value is -3.37. The Kier molecular flexibility index (Phi) is 10.00. The molecule has 0 fully saturated rings. The molecule has 3 aromatic carbocycles. The number of fused-ring (bicyclic) bond motifs is 1. The fourth-order valence-corrected chi connectivity index (χ4v) is 6.74. The van der Waals surface area contributed by atoms with E-state index < -0.39 is 12.0 Å². The third-order valence-electron chi connectivity index (χ3n) is 6.71. The Morgan fingerprint density at radius 1 is 1.14 bits per heavy atom. The van der Waals surface area contributed by atoms with Gasteiger partial charge in [-0.05, 0) is 69.7 Å². The molecule has 2 heterocycles. The number of benzene rings is 3. The number of rotatable bonds is 9. The van der Waals surface area contributed by atoms with Crippen molar-refractivity contribution in [1.29, 1.82) is 0 Å². The first-order valence-electron chi connectivity index (χ1n) is 13.9. The molecule has 0 radical (unpaired) electrons. The molecule has 1 atom stereocenters. The molecule has 1 aromatic heterocycles. The normalized spacial score (nSPS) is 14.8. The minimum atomic E-state index is -0.821. The lowest BCUT2D eigenvalue weighted by Crippen LogP contribution is -2.40. The summed E-state index contributed by atoms with van der Waals surface area (Å²) in [6, 6.07) is 17.6. The highest BCUT2D eigenvalue weighted by Gasteiger charge is 2.35. The molecule has 228 valence electrons. The number of allylic oxidation sites excluding steroid dienone is 1. The number of ether oxygens (including phenoxy) is 3. The molecule has 7 nitrogen and oxygen atoms in total. The Labute approximate surface area is 277 Å². The smallest absolute Gasteiger partial charge is 0.338 e. The molecule has 0 aliphatic carbocycles. The molecule has 11 heteroatoms. The van der Waals surface area contributed by atoms with Gasteiger partial charge in [-0.3, -0.25) is 9.36 Å². The van der Waals surface area contributed by atoms with Crippen LogP contribution in [0.4, 0.5) is 0 Å². The van der Waals surface area contributed by atoms with Crippen molar-refractivity contribution < 1.29 is 19.0 Å². The van der Waals surface area contributed by atoms with Crippen LogP contribution < -0.4 is 24.4 Å². The van der Waals surface area contributed by atoms with E-state index in [0.717, 1.165) is 10.0 Å². The average molecular weight is 716 g/mol. The van der Waals surface area contributed by atoms with Crippen LogP contribution in [0, 0.1) is 0 Å². The monoisotopic (exact) mass is 714 g/mol. The summed E-state index contributed by atoms with van der Waals surface area (Å²) in [5.74, 6) is 0.405. The molecule has 0 saturated carbocycles. The second-order valence-electron chi connectivity index (χ2n) is 10.2. The van der Waals surface area contributed by atoms with E-state index in [1.165, 1.54) is 15.9 Å². The predicted molar refractivity (Wildman–Crippen MR) is 178 cm³/mol. The van der Waals surface area contributed by atoms with Gasteiger partial charge in [0, 0.05) is 20.6 Å². The van der Waals surface area contributed by atoms with Gasteiger partial charge in [-0.1, -0.05) is 80.8 Å². The fraction of sp³-hybridized carbons (Fsp3) is 0.242. The van der Waals surface area contributed by atoms with E-state index in [2.05, 4.69) is 20.9 Å². The summed E-state index contributed by atoms with van der Waals surface area (Å²) >= 11 is 17.6. The predicted octanol–water partition coefficient (Wildman–Crippen LogP) is 7.23. The summed E-state index contributed by atoms with van der Waals surface area (Å²) in [5.41, 5.74) is 2.51. The van der Waals surface area contributed by atoms with Crippen LogP contribution in [0.1, 0.15) is 50.4 Å². The maximum atomic E-state index is 14.2. The maximum absolute atomic E-state index is 14.2. The molecule has 0 amide bonds. The third kappa shape index (κ3) is 6.81. The lowest BCUT2D eigenvalue weighted by Gasteiger charge is -2.26. The van der Waals surface area contributed by atoms with Crippen LogP contribution in [-0.4, -0.2) is 23.2 Å². The van der Waals surface area contributed by atoms with Crippen LogP contribution in [0.3, 0.4) is 0 Å². The third-order valence-corrected chi connectivity index (χ3v) is 8.72. The van der Waals surface area contributed by atoms with E-state index >= 15 is 0 Å². The van der Waals surface area contributed by atoms with Crippen LogP contribution in [0.5, 0.6) is 11.5 Å². The molecule has 0 spiro atoms. The molecule has 44 heavy (non-hydrogen) atoms. The number of aromatic nitrogens is 1. The van der Waals surface area contributed by atoms with Crippen molar-refractivity contribution in [3.8, 4) is 11.5 Å². The lowest BCUT2D eigenvalue weighted by molar-refractivity contribution is -0.139. The van der Waals surface area contributed by atoms with Gasteiger partial charge in [0.2, 0.25) is 0 Å². The highest BCUT2D eigenvalue weighted by Crippen LogP contribution is 2.37. The van der Waals surface area contributed by atoms with Gasteiger partial charge < -0.3 is 14.2 Å². The molecule has 5 rings (SSSR count). The molecule has 0 bridgehead atoms. The Balaban J connectivity index is 1.67. The summed E-state index contributed by atoms with van der Waals surface area (Å²) < 4.78 is 20.5. The highest BCUT2D eigenvalue weighted by molar-refractivity contribution is 9.10. The van der Waals surface area contributed by atoms with Crippen molar-refractivity contribution in [2.24, 2.45) is 4.99 Å². The van der Waals surface area contributed by atoms with Gasteiger partial charge in [-0.25, -0.2) is 9.79 Å². The number of hydrogen-bond acceptors (Lipinski definition) is 7. The van der Waals surface area contributed by atoms with Crippen LogP contribution >= 0.6 is 50.5 Å². The van der Waals surface area contributed by atoms with Crippen LogP contribution in [0.15, 0.2) is 86.2 Å². The standard InChI is InChI=1S/C33H29BrCl2N2O5S/c1-5-41-32(40)28-19(4)37-33-38(29(28)24-8-6-7-9-26(24)43-18(2)3)31(39)27(44-33)15-21-14-23(35)16-25(36)30(21)42-17-20-10-12-22(34)13-11-20/h6-16,18,29H,5,17H2,1-4H3/b27-15-/t29-/m1/s1. The average Bonchev–Trinajstić information content (AvgIpc) is 3.26. The summed E-state index contributed by atoms with van der Waals surface area (Å²) in [7, 11) is 0. The van der Waals surface area contributed by atoms with Crippen molar-refractivity contribution in [2.75, 3.05) is 6.61 Å². The summed E-state index contributed by atoms with van der Waals surface area (Å²) in [4.78, 5) is 32.6. The zero-order chi connectivity index (χ0) is 31.5. The van der Waals surface area contributed by atoms with Crippen LogP contribution in [0.2, 0.25) is 10.0 Å². The Morgan fingerprint density at radius 2 is 1.86 bits per heavy atom. The fourth-order valence-electron chi connectivity index (χ4n) is 4.87. The maximum Gasteiger partial charge on any atom is 0.338 e. The van der Waals surface area contributed by atoms with E-state index in [-0.39, 0.29) is 30.5 Å². The number of carbonyl (C=O) groups is 1. The van der Waals surface area contributed by atoms with Crippen LogP contribution in [0.25, 0.3) is 6.08 Å². The SMILES string of the molecule is CCOC(=O)C1=C(C)N=c2s/c(=C\c3cc(Cl)cc(Cl)c3OCc3ccc(Br)cc3)c(=O)n2[C@@H]1c1ccccc1OC(C)C. The van der Waals surface area contributed by atoms with Gasteiger partial charge >= 0.3 is 5.97 Å². The second kappa shape index (κ2) is 13.7. The summed E-state index contributed by atoms with van der Waals surface area (Å²) in [6.07, 6.45) is 1.56. The van der Waals surface area contributed by atoms with Gasteiger partial charge in [-0.15, -0.1) is 0 Å². The molecule has 0 N–H and O–H groups in total. The topological polar surface area (TPSA) is 79.1 Å². The Morgan fingerprint density at radius 3 is 2.57 bits per heavy atom. The van der Waals surface area contributed by atoms with E-state index in [0.29, 0.717) is 47.7 Å². The van der Waals surface area contributed by atoms with Crippen molar-refractivity contribution >= 4 is 62.5 Å². The molecule has 1 aliphatic heterocycles. The zero-order valence-electron chi connectivity index (χ0n) is 24.4. The molecule has 4 aromatic rings.